The van der Waals surface area contributed by atoms with Crippen LogP contribution in [0.3, 0.4) is 0 Å². The minimum atomic E-state index is -2.23. The van der Waals surface area contributed by atoms with Crippen molar-refractivity contribution >= 4 is 0 Å². The fourth-order valence-electron chi connectivity index (χ4n) is 3.08. The number of hydrogen-bond donors (Lipinski definition) is 1. The van der Waals surface area contributed by atoms with Gasteiger partial charge in [0, 0.05) is 25.2 Å². The molecule has 1 N–H and O–H groups in total. The average molecular weight is 260 g/mol. The van der Waals surface area contributed by atoms with E-state index in [2.05, 4.69) is 17.1 Å². The third kappa shape index (κ3) is 4.47. The molecule has 106 valence electrons. The summed E-state index contributed by atoms with van der Waals surface area (Å²) in [5, 5.41) is 3.05. The van der Waals surface area contributed by atoms with Gasteiger partial charge in [0.1, 0.15) is 0 Å². The van der Waals surface area contributed by atoms with E-state index in [-0.39, 0.29) is 12.6 Å². The molecule has 2 fully saturated rings. The van der Waals surface area contributed by atoms with Crippen LogP contribution >= 0.6 is 0 Å². The van der Waals surface area contributed by atoms with Gasteiger partial charge in [-0.25, -0.2) is 8.78 Å². The van der Waals surface area contributed by atoms with E-state index in [1.165, 1.54) is 38.6 Å². The van der Waals surface area contributed by atoms with Gasteiger partial charge in [0.25, 0.3) is 6.43 Å². The summed E-state index contributed by atoms with van der Waals surface area (Å²) < 4.78 is 24.6. The summed E-state index contributed by atoms with van der Waals surface area (Å²) in [6.07, 6.45) is 5.22. The van der Waals surface area contributed by atoms with Crippen LogP contribution in [-0.2, 0) is 0 Å². The molecule has 0 amide bonds. The van der Waals surface area contributed by atoms with Gasteiger partial charge in [-0.3, -0.25) is 4.90 Å². The number of piperidine rings is 1. The third-order valence-corrected chi connectivity index (χ3v) is 4.16. The zero-order valence-corrected chi connectivity index (χ0v) is 11.4. The van der Waals surface area contributed by atoms with Crippen LogP contribution in [0.1, 0.15) is 45.4 Å². The minimum Gasteiger partial charge on any atom is -0.307 e. The van der Waals surface area contributed by atoms with Gasteiger partial charge in [-0.05, 0) is 31.6 Å². The number of alkyl halides is 2. The zero-order chi connectivity index (χ0) is 13.0. The van der Waals surface area contributed by atoms with Gasteiger partial charge in [-0.1, -0.05) is 19.8 Å². The summed E-state index contributed by atoms with van der Waals surface area (Å²) in [4.78, 5) is 2.53. The van der Waals surface area contributed by atoms with Crippen LogP contribution < -0.4 is 5.32 Å². The maximum atomic E-state index is 12.3. The number of hydrogen-bond acceptors (Lipinski definition) is 2. The number of unbranched alkanes of at least 4 members (excludes halogenated alkanes) is 1. The predicted octanol–water partition coefficient (Wildman–Crippen LogP) is 2.88. The largest absolute Gasteiger partial charge is 0.307 e. The van der Waals surface area contributed by atoms with E-state index in [9.17, 15) is 8.78 Å². The van der Waals surface area contributed by atoms with Gasteiger partial charge in [-0.2, -0.15) is 0 Å². The van der Waals surface area contributed by atoms with Gasteiger partial charge in [0.2, 0.25) is 0 Å². The normalized spacial score (nSPS) is 30.0. The van der Waals surface area contributed by atoms with Gasteiger partial charge >= 0.3 is 0 Å². The van der Waals surface area contributed by atoms with Crippen LogP contribution in [0.5, 0.6) is 0 Å². The smallest absolute Gasteiger partial charge is 0.250 e. The fraction of sp³-hybridized carbons (Fsp3) is 1.00. The molecule has 2 rings (SSSR count). The topological polar surface area (TPSA) is 15.3 Å². The second-order valence-electron chi connectivity index (χ2n) is 5.93. The van der Waals surface area contributed by atoms with Gasteiger partial charge < -0.3 is 5.32 Å². The SMILES string of the molecule is CCCCC1CC(NCC(F)F)CN(C2CC2)C1. The van der Waals surface area contributed by atoms with E-state index in [0.29, 0.717) is 5.92 Å². The number of nitrogens with one attached hydrogen (secondary N) is 1. The van der Waals surface area contributed by atoms with Crippen molar-refractivity contribution in [1.82, 2.24) is 10.2 Å². The molecule has 0 spiro atoms. The Labute approximate surface area is 109 Å². The highest BCUT2D eigenvalue weighted by atomic mass is 19.3. The van der Waals surface area contributed by atoms with Gasteiger partial charge in [-0.15, -0.1) is 0 Å². The van der Waals surface area contributed by atoms with Gasteiger partial charge in [0.05, 0.1) is 6.54 Å². The summed E-state index contributed by atoms with van der Waals surface area (Å²) in [7, 11) is 0. The van der Waals surface area contributed by atoms with Crippen molar-refractivity contribution in [1.29, 1.82) is 0 Å². The first-order valence-corrected chi connectivity index (χ1v) is 7.44. The predicted molar refractivity (Wildman–Crippen MR) is 70.0 cm³/mol. The molecule has 1 saturated carbocycles. The monoisotopic (exact) mass is 260 g/mol. The van der Waals surface area contributed by atoms with Gasteiger partial charge in [0.15, 0.2) is 0 Å². The standard InChI is InChI=1S/C14H26F2N2/c1-2-3-4-11-7-12(17-8-14(15)16)10-18(9-11)13-5-6-13/h11-14,17H,2-10H2,1H3. The Bertz CT molecular complexity index is 244. The van der Waals surface area contributed by atoms with E-state index in [1.807, 2.05) is 0 Å². The Balaban J connectivity index is 1.80. The first-order valence-electron chi connectivity index (χ1n) is 7.44. The maximum Gasteiger partial charge on any atom is 0.250 e. The first kappa shape index (κ1) is 14.2. The van der Waals surface area contributed by atoms with E-state index in [0.717, 1.165) is 19.0 Å². The van der Waals surface area contributed by atoms with Crippen molar-refractivity contribution in [2.75, 3.05) is 19.6 Å². The Hall–Kier alpha value is -0.220. The molecule has 4 heteroatoms. The molecular formula is C14H26F2N2. The van der Waals surface area contributed by atoms with Crippen molar-refractivity contribution in [3.63, 3.8) is 0 Å². The summed E-state index contributed by atoms with van der Waals surface area (Å²) in [6.45, 7) is 4.23. The van der Waals surface area contributed by atoms with Crippen LogP contribution in [0.25, 0.3) is 0 Å². The molecule has 1 saturated heterocycles. The Morgan fingerprint density at radius 2 is 2.06 bits per heavy atom. The number of likely N-dealkylation sites (tertiary alicyclic amines) is 1. The lowest BCUT2D eigenvalue weighted by Crippen LogP contribution is -2.50. The fourth-order valence-corrected chi connectivity index (χ4v) is 3.08. The molecule has 2 unspecified atom stereocenters. The highest BCUT2D eigenvalue weighted by Crippen LogP contribution is 2.32. The van der Waals surface area contributed by atoms with Crippen molar-refractivity contribution in [3.8, 4) is 0 Å². The molecule has 2 aliphatic rings. The minimum absolute atomic E-state index is 0.149. The molecule has 2 nitrogen and oxygen atoms in total. The van der Waals surface area contributed by atoms with Crippen LogP contribution in [0.15, 0.2) is 0 Å². The zero-order valence-electron chi connectivity index (χ0n) is 11.4. The van der Waals surface area contributed by atoms with E-state index in [1.54, 1.807) is 0 Å². The van der Waals surface area contributed by atoms with Crippen LogP contribution in [0, 0.1) is 5.92 Å². The lowest BCUT2D eigenvalue weighted by atomic mass is 9.89. The molecule has 1 aliphatic carbocycles. The highest BCUT2D eigenvalue weighted by Gasteiger charge is 2.35. The lowest BCUT2D eigenvalue weighted by Gasteiger charge is -2.38. The molecular weight excluding hydrogens is 234 g/mol. The molecule has 0 bridgehead atoms. The summed E-state index contributed by atoms with van der Waals surface area (Å²) in [5.74, 6) is 0.703. The maximum absolute atomic E-state index is 12.3. The molecule has 18 heavy (non-hydrogen) atoms. The van der Waals surface area contributed by atoms with Crippen molar-refractivity contribution < 1.29 is 8.78 Å². The molecule has 2 atom stereocenters. The molecule has 0 aromatic carbocycles. The summed E-state index contributed by atoms with van der Waals surface area (Å²) in [6, 6.07) is 1.03. The van der Waals surface area contributed by atoms with Crippen molar-refractivity contribution in [3.05, 3.63) is 0 Å². The molecule has 0 aromatic heterocycles. The highest BCUT2D eigenvalue weighted by molar-refractivity contribution is 4.92. The number of rotatable bonds is 7. The number of nitrogens with zero attached hydrogens (tertiary/aromatic N) is 1. The van der Waals surface area contributed by atoms with E-state index >= 15 is 0 Å². The van der Waals surface area contributed by atoms with E-state index < -0.39 is 6.43 Å². The molecule has 1 aliphatic heterocycles. The molecule has 0 aromatic rings. The lowest BCUT2D eigenvalue weighted by molar-refractivity contribution is 0.102. The summed E-state index contributed by atoms with van der Waals surface area (Å²) in [5.41, 5.74) is 0. The Morgan fingerprint density at radius 3 is 2.67 bits per heavy atom. The van der Waals surface area contributed by atoms with E-state index in [4.69, 9.17) is 0 Å². The third-order valence-electron chi connectivity index (χ3n) is 4.16. The first-order chi connectivity index (χ1) is 8.69. The van der Waals surface area contributed by atoms with Crippen LogP contribution in [0.4, 0.5) is 8.78 Å². The van der Waals surface area contributed by atoms with Crippen LogP contribution in [-0.4, -0.2) is 43.0 Å². The number of halogens is 2. The second-order valence-corrected chi connectivity index (χ2v) is 5.93. The Morgan fingerprint density at radius 1 is 1.28 bits per heavy atom. The van der Waals surface area contributed by atoms with Crippen molar-refractivity contribution in [2.45, 2.75) is 64.0 Å². The molecule has 1 heterocycles. The Kier molecular flexibility index (Phi) is 5.37. The molecule has 0 radical (unpaired) electrons. The van der Waals surface area contributed by atoms with Crippen LogP contribution in [0.2, 0.25) is 0 Å². The second kappa shape index (κ2) is 6.80. The van der Waals surface area contributed by atoms with Crippen molar-refractivity contribution in [2.24, 2.45) is 5.92 Å². The summed E-state index contributed by atoms with van der Waals surface area (Å²) >= 11 is 0. The quantitative estimate of drug-likeness (QED) is 0.757. The average Bonchev–Trinajstić information content (AvgIpc) is 3.18.